The standard InChI is InChI=1S/C24H18FN3O4/c25-17-8-10-18(11-9-17)26-22(29)15-32-20-12-6-16(7-13-20)14-21-23(30)28(24(31)27-21)19-4-2-1-3-5-19/h1-14H,15H2,(H,26,29)(H,27,31)/b21-14+. The average molecular weight is 431 g/mol. The number of benzene rings is 3. The molecule has 1 aliphatic rings. The molecule has 0 aromatic heterocycles. The molecule has 0 spiro atoms. The Morgan fingerprint density at radius 3 is 2.34 bits per heavy atom. The molecule has 0 unspecified atom stereocenters. The first-order valence-electron chi connectivity index (χ1n) is 9.70. The molecule has 7 nitrogen and oxygen atoms in total. The van der Waals surface area contributed by atoms with Crippen LogP contribution in [-0.2, 0) is 9.59 Å². The number of para-hydroxylation sites is 1. The van der Waals surface area contributed by atoms with Gasteiger partial charge >= 0.3 is 6.03 Å². The highest BCUT2D eigenvalue weighted by Gasteiger charge is 2.34. The SMILES string of the molecule is O=C(COc1ccc(/C=C2/NC(=O)N(c3ccccc3)C2=O)cc1)Nc1ccc(F)cc1. The number of carbonyl (C=O) groups is 3. The normalized spacial score (nSPS) is 14.4. The fourth-order valence-corrected chi connectivity index (χ4v) is 3.05. The Morgan fingerprint density at radius 1 is 0.969 bits per heavy atom. The molecule has 0 saturated carbocycles. The summed E-state index contributed by atoms with van der Waals surface area (Å²) in [5.41, 5.74) is 1.79. The lowest BCUT2D eigenvalue weighted by atomic mass is 10.2. The highest BCUT2D eigenvalue weighted by molar-refractivity contribution is 6.28. The fourth-order valence-electron chi connectivity index (χ4n) is 3.05. The van der Waals surface area contributed by atoms with Crippen LogP contribution in [0.15, 0.2) is 84.6 Å². The summed E-state index contributed by atoms with van der Waals surface area (Å²) in [5.74, 6) is -0.767. The van der Waals surface area contributed by atoms with Gasteiger partial charge in [0.2, 0.25) is 0 Å². The topological polar surface area (TPSA) is 87.7 Å². The third-order valence-electron chi connectivity index (χ3n) is 4.58. The van der Waals surface area contributed by atoms with E-state index in [9.17, 15) is 18.8 Å². The molecule has 4 amide bonds. The average Bonchev–Trinajstić information content (AvgIpc) is 3.08. The highest BCUT2D eigenvalue weighted by atomic mass is 19.1. The summed E-state index contributed by atoms with van der Waals surface area (Å²) in [6.07, 6.45) is 1.56. The molecule has 3 aromatic carbocycles. The Balaban J connectivity index is 1.36. The first kappa shape index (κ1) is 20.8. The molecule has 1 aliphatic heterocycles. The molecule has 32 heavy (non-hydrogen) atoms. The van der Waals surface area contributed by atoms with E-state index in [-0.39, 0.29) is 24.0 Å². The second kappa shape index (κ2) is 9.13. The molecular formula is C24H18FN3O4. The quantitative estimate of drug-likeness (QED) is 0.457. The number of rotatable bonds is 6. The summed E-state index contributed by atoms with van der Waals surface area (Å²) in [6, 6.07) is 20.2. The summed E-state index contributed by atoms with van der Waals surface area (Å²) in [4.78, 5) is 37.9. The lowest BCUT2D eigenvalue weighted by Gasteiger charge is -2.10. The molecule has 2 N–H and O–H groups in total. The Hall–Kier alpha value is -4.46. The molecule has 0 atom stereocenters. The first-order chi connectivity index (χ1) is 15.5. The van der Waals surface area contributed by atoms with Crippen molar-refractivity contribution < 1.29 is 23.5 Å². The van der Waals surface area contributed by atoms with E-state index in [0.717, 1.165) is 4.90 Å². The van der Waals surface area contributed by atoms with E-state index >= 15 is 0 Å². The van der Waals surface area contributed by atoms with Crippen LogP contribution in [0.4, 0.5) is 20.6 Å². The predicted molar refractivity (Wildman–Crippen MR) is 117 cm³/mol. The minimum atomic E-state index is -0.514. The molecule has 3 aromatic rings. The molecule has 0 bridgehead atoms. The van der Waals surface area contributed by atoms with Gasteiger partial charge in [-0.15, -0.1) is 0 Å². The van der Waals surface area contributed by atoms with Gasteiger partial charge in [-0.05, 0) is 60.2 Å². The van der Waals surface area contributed by atoms with Crippen molar-refractivity contribution in [1.29, 1.82) is 0 Å². The molecule has 1 heterocycles. The van der Waals surface area contributed by atoms with Gasteiger partial charge in [-0.25, -0.2) is 14.1 Å². The van der Waals surface area contributed by atoms with Crippen LogP contribution in [0, 0.1) is 5.82 Å². The van der Waals surface area contributed by atoms with E-state index in [1.807, 2.05) is 0 Å². The number of nitrogens with zero attached hydrogens (tertiary/aromatic N) is 1. The summed E-state index contributed by atoms with van der Waals surface area (Å²) in [6.45, 7) is -0.224. The highest BCUT2D eigenvalue weighted by Crippen LogP contribution is 2.22. The number of anilines is 2. The maximum absolute atomic E-state index is 12.9. The molecule has 8 heteroatoms. The van der Waals surface area contributed by atoms with Crippen LogP contribution in [0.25, 0.3) is 6.08 Å². The summed E-state index contributed by atoms with van der Waals surface area (Å²) < 4.78 is 18.4. The molecule has 1 fully saturated rings. The van der Waals surface area contributed by atoms with Crippen LogP contribution in [0.5, 0.6) is 5.75 Å². The van der Waals surface area contributed by atoms with Crippen molar-refractivity contribution in [2.24, 2.45) is 0 Å². The molecule has 160 valence electrons. The Bertz CT molecular complexity index is 1180. The third-order valence-corrected chi connectivity index (χ3v) is 4.58. The first-order valence-corrected chi connectivity index (χ1v) is 9.70. The lowest BCUT2D eigenvalue weighted by Crippen LogP contribution is -2.30. The molecule has 0 radical (unpaired) electrons. The fraction of sp³-hybridized carbons (Fsp3) is 0.0417. The van der Waals surface area contributed by atoms with Crippen molar-refractivity contribution >= 4 is 35.3 Å². The maximum Gasteiger partial charge on any atom is 0.333 e. The van der Waals surface area contributed by atoms with Crippen LogP contribution >= 0.6 is 0 Å². The maximum atomic E-state index is 12.9. The Labute approximate surface area is 183 Å². The van der Waals surface area contributed by atoms with Gasteiger partial charge in [0.05, 0.1) is 5.69 Å². The minimum absolute atomic E-state index is 0.159. The predicted octanol–water partition coefficient (Wildman–Crippen LogP) is 3.94. The van der Waals surface area contributed by atoms with Crippen molar-refractivity contribution in [1.82, 2.24) is 5.32 Å². The van der Waals surface area contributed by atoms with Crippen molar-refractivity contribution in [2.45, 2.75) is 0 Å². The van der Waals surface area contributed by atoms with Crippen LogP contribution < -0.4 is 20.3 Å². The van der Waals surface area contributed by atoms with Crippen LogP contribution in [0.3, 0.4) is 0 Å². The third kappa shape index (κ3) is 4.81. The van der Waals surface area contributed by atoms with Gasteiger partial charge in [-0.1, -0.05) is 30.3 Å². The number of hydrogen-bond acceptors (Lipinski definition) is 4. The molecule has 0 aliphatic carbocycles. The van der Waals surface area contributed by atoms with E-state index in [1.54, 1.807) is 60.7 Å². The Kier molecular flexibility index (Phi) is 5.94. The van der Waals surface area contributed by atoms with E-state index < -0.39 is 11.9 Å². The Morgan fingerprint density at radius 2 is 1.66 bits per heavy atom. The van der Waals surface area contributed by atoms with Gasteiger partial charge in [0.15, 0.2) is 6.61 Å². The van der Waals surface area contributed by atoms with Gasteiger partial charge in [0, 0.05) is 5.69 Å². The number of hydrogen-bond donors (Lipinski definition) is 2. The second-order valence-corrected chi connectivity index (χ2v) is 6.88. The van der Waals surface area contributed by atoms with Crippen molar-refractivity contribution in [3.05, 3.63) is 95.9 Å². The van der Waals surface area contributed by atoms with E-state index in [0.29, 0.717) is 22.7 Å². The summed E-state index contributed by atoms with van der Waals surface area (Å²) in [5, 5.41) is 5.18. The number of urea groups is 1. The van der Waals surface area contributed by atoms with Gasteiger partial charge in [-0.3, -0.25) is 9.59 Å². The largest absolute Gasteiger partial charge is 0.484 e. The monoisotopic (exact) mass is 431 g/mol. The van der Waals surface area contributed by atoms with Crippen LogP contribution in [0.1, 0.15) is 5.56 Å². The van der Waals surface area contributed by atoms with Gasteiger partial charge in [0.25, 0.3) is 11.8 Å². The number of carbonyl (C=O) groups excluding carboxylic acids is 3. The van der Waals surface area contributed by atoms with Gasteiger partial charge in [-0.2, -0.15) is 0 Å². The number of amides is 4. The van der Waals surface area contributed by atoms with E-state index in [1.165, 1.54) is 24.3 Å². The van der Waals surface area contributed by atoms with Crippen LogP contribution in [-0.4, -0.2) is 24.5 Å². The summed E-state index contributed by atoms with van der Waals surface area (Å²) in [7, 11) is 0. The van der Waals surface area contributed by atoms with Gasteiger partial charge in [0.1, 0.15) is 17.3 Å². The lowest BCUT2D eigenvalue weighted by molar-refractivity contribution is -0.118. The zero-order valence-corrected chi connectivity index (χ0v) is 16.7. The van der Waals surface area contributed by atoms with E-state index in [2.05, 4.69) is 10.6 Å². The smallest absolute Gasteiger partial charge is 0.333 e. The molecule has 4 rings (SSSR count). The van der Waals surface area contributed by atoms with E-state index in [4.69, 9.17) is 4.74 Å². The number of halogens is 1. The number of nitrogens with one attached hydrogen (secondary N) is 2. The minimum Gasteiger partial charge on any atom is -0.484 e. The molecule has 1 saturated heterocycles. The number of imide groups is 1. The van der Waals surface area contributed by atoms with Gasteiger partial charge < -0.3 is 15.4 Å². The van der Waals surface area contributed by atoms with Crippen molar-refractivity contribution in [3.8, 4) is 5.75 Å². The number of ether oxygens (including phenoxy) is 1. The van der Waals surface area contributed by atoms with Crippen LogP contribution in [0.2, 0.25) is 0 Å². The zero-order chi connectivity index (χ0) is 22.5. The second-order valence-electron chi connectivity index (χ2n) is 6.88. The van der Waals surface area contributed by atoms with Crippen molar-refractivity contribution in [2.75, 3.05) is 16.8 Å². The summed E-state index contributed by atoms with van der Waals surface area (Å²) >= 11 is 0. The molecular weight excluding hydrogens is 413 g/mol. The zero-order valence-electron chi connectivity index (χ0n) is 16.7. The van der Waals surface area contributed by atoms with Crippen molar-refractivity contribution in [3.63, 3.8) is 0 Å².